The average Bonchev–Trinajstić information content (AvgIpc) is 3.01. The molecule has 1 atom stereocenters. The van der Waals surface area contributed by atoms with Crippen LogP contribution in [0.15, 0.2) is 60.8 Å². The zero-order valence-corrected chi connectivity index (χ0v) is 15.4. The van der Waals surface area contributed by atoms with Crippen molar-refractivity contribution >= 4 is 16.8 Å². The van der Waals surface area contributed by atoms with Crippen LogP contribution in [-0.4, -0.2) is 30.7 Å². The zero-order chi connectivity index (χ0) is 18.4. The summed E-state index contributed by atoms with van der Waals surface area (Å²) in [7, 11) is 3.73. The predicted octanol–water partition coefficient (Wildman–Crippen LogP) is 3.85. The highest BCUT2D eigenvalue weighted by Gasteiger charge is 2.21. The standard InChI is InChI=1S/C22H26N2O2/c1-24-16-20(18-11-6-7-12-21(18)24)19(17-9-4-3-5-10-17)15-22(25)23-13-8-14-26-2/h3-7,9-12,16,19H,8,13-15H2,1-2H3,(H,23,25). The Bertz CT molecular complexity index is 855. The number of fused-ring (bicyclic) bond motifs is 1. The molecule has 1 unspecified atom stereocenters. The number of aryl methyl sites for hydroxylation is 1. The normalized spacial score (nSPS) is 12.2. The first-order valence-electron chi connectivity index (χ1n) is 9.05. The van der Waals surface area contributed by atoms with E-state index in [0.717, 1.165) is 12.0 Å². The largest absolute Gasteiger partial charge is 0.385 e. The van der Waals surface area contributed by atoms with E-state index in [1.165, 1.54) is 16.5 Å². The van der Waals surface area contributed by atoms with E-state index in [1.807, 2.05) is 24.3 Å². The summed E-state index contributed by atoms with van der Waals surface area (Å²) in [5.74, 6) is 0.104. The van der Waals surface area contributed by atoms with Crippen molar-refractivity contribution in [3.63, 3.8) is 0 Å². The highest BCUT2D eigenvalue weighted by atomic mass is 16.5. The molecule has 3 aromatic rings. The highest BCUT2D eigenvalue weighted by molar-refractivity contribution is 5.86. The second-order valence-electron chi connectivity index (χ2n) is 6.58. The Labute approximate surface area is 154 Å². The van der Waals surface area contributed by atoms with E-state index >= 15 is 0 Å². The van der Waals surface area contributed by atoms with Crippen molar-refractivity contribution in [1.29, 1.82) is 0 Å². The number of carbonyl (C=O) groups is 1. The first-order valence-corrected chi connectivity index (χ1v) is 9.05. The lowest BCUT2D eigenvalue weighted by Crippen LogP contribution is -2.27. The van der Waals surface area contributed by atoms with E-state index in [2.05, 4.69) is 53.5 Å². The number of hydrogen-bond donors (Lipinski definition) is 1. The van der Waals surface area contributed by atoms with Crippen molar-refractivity contribution in [3.8, 4) is 0 Å². The summed E-state index contributed by atoms with van der Waals surface area (Å²) >= 11 is 0. The number of aromatic nitrogens is 1. The number of benzene rings is 2. The maximum absolute atomic E-state index is 12.5. The van der Waals surface area contributed by atoms with E-state index in [4.69, 9.17) is 4.74 Å². The van der Waals surface area contributed by atoms with Crippen LogP contribution in [0.3, 0.4) is 0 Å². The molecule has 1 aromatic heterocycles. The number of rotatable bonds is 8. The summed E-state index contributed by atoms with van der Waals surface area (Å²) in [6, 6.07) is 18.6. The minimum absolute atomic E-state index is 0.0322. The Balaban J connectivity index is 1.88. The number of methoxy groups -OCH3 is 1. The summed E-state index contributed by atoms with van der Waals surface area (Å²) in [6.45, 7) is 1.30. The summed E-state index contributed by atoms with van der Waals surface area (Å²) in [6.07, 6.45) is 3.41. The van der Waals surface area contributed by atoms with Crippen LogP contribution in [0.1, 0.15) is 29.9 Å². The quantitative estimate of drug-likeness (QED) is 0.627. The van der Waals surface area contributed by atoms with Crippen molar-refractivity contribution in [2.75, 3.05) is 20.3 Å². The molecule has 0 fully saturated rings. The van der Waals surface area contributed by atoms with Gasteiger partial charge in [0.25, 0.3) is 0 Å². The first-order chi connectivity index (χ1) is 12.7. The van der Waals surface area contributed by atoms with Gasteiger partial charge in [-0.15, -0.1) is 0 Å². The smallest absolute Gasteiger partial charge is 0.220 e. The summed E-state index contributed by atoms with van der Waals surface area (Å²) in [4.78, 5) is 12.5. The number of carbonyl (C=O) groups excluding carboxylic acids is 1. The van der Waals surface area contributed by atoms with E-state index in [0.29, 0.717) is 19.6 Å². The molecule has 2 aromatic carbocycles. The predicted molar refractivity (Wildman–Crippen MR) is 105 cm³/mol. The Morgan fingerprint density at radius 2 is 1.85 bits per heavy atom. The molecule has 0 spiro atoms. The van der Waals surface area contributed by atoms with Crippen molar-refractivity contribution in [2.45, 2.75) is 18.8 Å². The molecule has 0 aliphatic rings. The maximum Gasteiger partial charge on any atom is 0.220 e. The van der Waals surface area contributed by atoms with Crippen molar-refractivity contribution < 1.29 is 9.53 Å². The molecule has 26 heavy (non-hydrogen) atoms. The van der Waals surface area contributed by atoms with Crippen LogP contribution in [0, 0.1) is 0 Å². The Hall–Kier alpha value is -2.59. The molecule has 0 saturated heterocycles. The number of para-hydroxylation sites is 1. The van der Waals surface area contributed by atoms with Gasteiger partial charge in [0.05, 0.1) is 0 Å². The van der Waals surface area contributed by atoms with Gasteiger partial charge in [0.2, 0.25) is 5.91 Å². The third-order valence-electron chi connectivity index (χ3n) is 4.74. The third-order valence-corrected chi connectivity index (χ3v) is 4.74. The lowest BCUT2D eigenvalue weighted by molar-refractivity contribution is -0.121. The fourth-order valence-electron chi connectivity index (χ4n) is 3.45. The molecule has 3 rings (SSSR count). The molecule has 4 heteroatoms. The van der Waals surface area contributed by atoms with Crippen LogP contribution < -0.4 is 5.32 Å². The maximum atomic E-state index is 12.5. The number of nitrogens with zero attached hydrogens (tertiary/aromatic N) is 1. The van der Waals surface area contributed by atoms with Crippen molar-refractivity contribution in [2.24, 2.45) is 7.05 Å². The van der Waals surface area contributed by atoms with Gasteiger partial charge in [-0.1, -0.05) is 48.5 Å². The molecule has 0 aliphatic heterocycles. The molecular weight excluding hydrogens is 324 g/mol. The molecule has 4 nitrogen and oxygen atoms in total. The molecule has 0 radical (unpaired) electrons. The molecule has 0 aliphatic carbocycles. The monoisotopic (exact) mass is 350 g/mol. The van der Waals surface area contributed by atoms with Crippen LogP contribution in [0.4, 0.5) is 0 Å². The molecule has 0 bridgehead atoms. The zero-order valence-electron chi connectivity index (χ0n) is 15.4. The van der Waals surface area contributed by atoms with Gasteiger partial charge in [0.15, 0.2) is 0 Å². The molecule has 1 heterocycles. The summed E-state index contributed by atoms with van der Waals surface area (Å²) in [5, 5.41) is 4.22. The minimum atomic E-state index is 0.0322. The van der Waals surface area contributed by atoms with Gasteiger partial charge < -0.3 is 14.6 Å². The van der Waals surface area contributed by atoms with E-state index in [9.17, 15) is 4.79 Å². The fraction of sp³-hybridized carbons (Fsp3) is 0.318. The summed E-state index contributed by atoms with van der Waals surface area (Å²) in [5.41, 5.74) is 3.54. The molecule has 1 amide bonds. The average molecular weight is 350 g/mol. The fourth-order valence-corrected chi connectivity index (χ4v) is 3.45. The Morgan fingerprint density at radius 3 is 2.62 bits per heavy atom. The van der Waals surface area contributed by atoms with Gasteiger partial charge in [-0.2, -0.15) is 0 Å². The SMILES string of the molecule is COCCCNC(=O)CC(c1ccccc1)c1cn(C)c2ccccc12. The second kappa shape index (κ2) is 8.68. The van der Waals surface area contributed by atoms with Gasteiger partial charge in [-0.3, -0.25) is 4.79 Å². The lowest BCUT2D eigenvalue weighted by atomic mass is 9.88. The van der Waals surface area contributed by atoms with Gasteiger partial charge in [0, 0.05) is 56.7 Å². The second-order valence-corrected chi connectivity index (χ2v) is 6.58. The summed E-state index contributed by atoms with van der Waals surface area (Å²) < 4.78 is 7.18. The number of nitrogens with one attached hydrogen (secondary N) is 1. The van der Waals surface area contributed by atoms with Gasteiger partial charge in [-0.05, 0) is 23.6 Å². The van der Waals surface area contributed by atoms with Crippen molar-refractivity contribution in [1.82, 2.24) is 9.88 Å². The Morgan fingerprint density at radius 1 is 1.12 bits per heavy atom. The van der Waals surface area contributed by atoms with Crippen LogP contribution in [0.2, 0.25) is 0 Å². The molecular formula is C22H26N2O2. The third kappa shape index (κ3) is 4.14. The number of ether oxygens (including phenoxy) is 1. The number of amides is 1. The van der Waals surface area contributed by atoms with Gasteiger partial charge in [-0.25, -0.2) is 0 Å². The molecule has 1 N–H and O–H groups in total. The van der Waals surface area contributed by atoms with Crippen LogP contribution in [-0.2, 0) is 16.6 Å². The molecule has 0 saturated carbocycles. The molecule has 136 valence electrons. The van der Waals surface area contributed by atoms with E-state index in [-0.39, 0.29) is 11.8 Å². The number of hydrogen-bond acceptors (Lipinski definition) is 2. The first kappa shape index (κ1) is 18.2. The van der Waals surface area contributed by atoms with Crippen molar-refractivity contribution in [3.05, 3.63) is 71.9 Å². The van der Waals surface area contributed by atoms with E-state index in [1.54, 1.807) is 7.11 Å². The van der Waals surface area contributed by atoms with Gasteiger partial charge in [0.1, 0.15) is 0 Å². The van der Waals surface area contributed by atoms with E-state index < -0.39 is 0 Å². The lowest BCUT2D eigenvalue weighted by Gasteiger charge is -2.17. The van der Waals surface area contributed by atoms with Crippen LogP contribution in [0.25, 0.3) is 10.9 Å². The van der Waals surface area contributed by atoms with Crippen LogP contribution in [0.5, 0.6) is 0 Å². The highest BCUT2D eigenvalue weighted by Crippen LogP contribution is 2.34. The minimum Gasteiger partial charge on any atom is -0.385 e. The van der Waals surface area contributed by atoms with Crippen LogP contribution >= 0.6 is 0 Å². The Kier molecular flexibility index (Phi) is 6.08. The van der Waals surface area contributed by atoms with Gasteiger partial charge >= 0.3 is 0 Å². The topological polar surface area (TPSA) is 43.3 Å².